The van der Waals surface area contributed by atoms with E-state index in [2.05, 4.69) is 69.9 Å². The highest BCUT2D eigenvalue weighted by molar-refractivity contribution is 8.14. The van der Waals surface area contributed by atoms with Crippen LogP contribution in [0.3, 0.4) is 0 Å². The summed E-state index contributed by atoms with van der Waals surface area (Å²) in [5.74, 6) is 2.50. The molecule has 2 atom stereocenters. The van der Waals surface area contributed by atoms with Crippen LogP contribution in [-0.4, -0.2) is 57.8 Å². The van der Waals surface area contributed by atoms with E-state index in [1.54, 1.807) is 18.9 Å². The molecule has 1 aromatic heterocycles. The van der Waals surface area contributed by atoms with Gasteiger partial charge in [-0.15, -0.1) is 18.3 Å². The first-order valence-corrected chi connectivity index (χ1v) is 17.2. The molecule has 1 N–H and O–H groups in total. The Bertz CT molecular complexity index is 1740. The van der Waals surface area contributed by atoms with Crippen LogP contribution < -0.4 is 19.7 Å². The number of carbonyl (C=O) groups is 1. The van der Waals surface area contributed by atoms with Gasteiger partial charge in [-0.3, -0.25) is 0 Å². The summed E-state index contributed by atoms with van der Waals surface area (Å²) >= 11 is 1.61. The lowest BCUT2D eigenvalue weighted by atomic mass is 9.97. The lowest BCUT2D eigenvalue weighted by Gasteiger charge is -2.37. The maximum atomic E-state index is 13.0. The fourth-order valence-corrected chi connectivity index (χ4v) is 6.85. The number of amidine groups is 1. The van der Waals surface area contributed by atoms with Crippen LogP contribution in [0.4, 0.5) is 23.7 Å². The minimum atomic E-state index is -4.75. The Hall–Kier alpha value is -4.52. The zero-order valence-corrected chi connectivity index (χ0v) is 29.0. The third-order valence-corrected chi connectivity index (χ3v) is 9.25. The summed E-state index contributed by atoms with van der Waals surface area (Å²) in [6.07, 6.45) is -0.619. The minimum absolute atomic E-state index is 0.208. The van der Waals surface area contributed by atoms with E-state index >= 15 is 0 Å². The molecule has 1 saturated heterocycles. The Kier molecular flexibility index (Phi) is 11.5. The maximum absolute atomic E-state index is 13.0. The first-order chi connectivity index (χ1) is 23.4. The Balaban J connectivity index is 1.13. The third-order valence-electron chi connectivity index (χ3n) is 8.26. The van der Waals surface area contributed by atoms with Crippen molar-refractivity contribution in [1.29, 1.82) is 0 Å². The zero-order chi connectivity index (χ0) is 35.1. The molecule has 1 fully saturated rings. The molecule has 2 amide bonds. The number of rotatable bonds is 11. The number of ether oxygens (including phenoxy) is 2. The number of benzene rings is 3. The first kappa shape index (κ1) is 35.8. The highest BCUT2D eigenvalue weighted by Crippen LogP contribution is 2.37. The van der Waals surface area contributed by atoms with Gasteiger partial charge in [0.1, 0.15) is 17.8 Å². The Morgan fingerprint density at radius 3 is 2.45 bits per heavy atom. The molecule has 9 nitrogen and oxygen atoms in total. The number of aromatic nitrogens is 3. The van der Waals surface area contributed by atoms with Crippen molar-refractivity contribution in [2.24, 2.45) is 10.9 Å². The van der Waals surface area contributed by atoms with Crippen molar-refractivity contribution in [3.8, 4) is 28.6 Å². The first-order valence-electron chi connectivity index (χ1n) is 16.2. The number of anilines is 1. The fraction of sp³-hybridized carbons (Fsp3) is 0.389. The number of halogens is 3. The van der Waals surface area contributed by atoms with Crippen LogP contribution in [0.5, 0.6) is 11.5 Å². The average molecular weight is 695 g/mol. The molecule has 0 radical (unpaired) electrons. The van der Waals surface area contributed by atoms with Crippen LogP contribution in [0.1, 0.15) is 57.6 Å². The van der Waals surface area contributed by atoms with Crippen molar-refractivity contribution in [3.63, 3.8) is 0 Å². The van der Waals surface area contributed by atoms with Crippen molar-refractivity contribution < 1.29 is 27.4 Å². The Labute approximate surface area is 288 Å². The number of hydrogen-bond acceptors (Lipinski definition) is 6. The summed E-state index contributed by atoms with van der Waals surface area (Å²) in [6.45, 7) is 9.14. The van der Waals surface area contributed by atoms with Crippen molar-refractivity contribution in [2.45, 2.75) is 65.3 Å². The van der Waals surface area contributed by atoms with Gasteiger partial charge in [-0.05, 0) is 91.6 Å². The number of thioether (sulfide) groups is 1. The van der Waals surface area contributed by atoms with Gasteiger partial charge in [0.25, 0.3) is 0 Å². The topological polar surface area (TPSA) is 93.9 Å². The van der Waals surface area contributed by atoms with Gasteiger partial charge in [-0.1, -0.05) is 56.8 Å². The SMILES string of the molecule is COc1ccc(N2/C(=N/C(=O)NCCC(C)Cc3ccc(-c4ncn(-c5ccc(OC(F)(F)F)cc5)n4)cc3)SCCC2C)c(C(C)C)c1. The van der Waals surface area contributed by atoms with Crippen molar-refractivity contribution in [2.75, 3.05) is 24.3 Å². The molecule has 0 aliphatic carbocycles. The van der Waals surface area contributed by atoms with Gasteiger partial charge in [-0.25, -0.2) is 14.5 Å². The van der Waals surface area contributed by atoms with Crippen LogP contribution >= 0.6 is 11.8 Å². The van der Waals surface area contributed by atoms with Gasteiger partial charge in [0.2, 0.25) is 0 Å². The highest BCUT2D eigenvalue weighted by Gasteiger charge is 2.31. The van der Waals surface area contributed by atoms with Crippen LogP contribution in [0.25, 0.3) is 17.1 Å². The number of methoxy groups -OCH3 is 1. The van der Waals surface area contributed by atoms with E-state index in [1.807, 2.05) is 30.3 Å². The molecule has 2 unspecified atom stereocenters. The molecule has 3 aromatic carbocycles. The molecule has 0 saturated carbocycles. The Morgan fingerprint density at radius 2 is 1.78 bits per heavy atom. The van der Waals surface area contributed by atoms with Gasteiger partial charge >= 0.3 is 12.4 Å². The van der Waals surface area contributed by atoms with E-state index in [9.17, 15) is 18.0 Å². The average Bonchev–Trinajstić information content (AvgIpc) is 3.55. The van der Waals surface area contributed by atoms with Gasteiger partial charge in [0.05, 0.1) is 12.8 Å². The highest BCUT2D eigenvalue weighted by atomic mass is 32.2. The summed E-state index contributed by atoms with van der Waals surface area (Å²) in [6, 6.07) is 19.3. The second-order valence-corrected chi connectivity index (χ2v) is 13.5. The maximum Gasteiger partial charge on any atom is 0.573 e. The van der Waals surface area contributed by atoms with E-state index in [-0.39, 0.29) is 23.7 Å². The molecular weight excluding hydrogens is 653 g/mol. The van der Waals surface area contributed by atoms with Crippen molar-refractivity contribution in [1.82, 2.24) is 20.1 Å². The molecule has 1 aliphatic heterocycles. The summed E-state index contributed by atoms with van der Waals surface area (Å²) < 4.78 is 48.2. The number of alkyl halides is 3. The summed E-state index contributed by atoms with van der Waals surface area (Å²) in [7, 11) is 1.67. The Morgan fingerprint density at radius 1 is 1.06 bits per heavy atom. The van der Waals surface area contributed by atoms with E-state index in [1.165, 1.54) is 35.3 Å². The van der Waals surface area contributed by atoms with Crippen LogP contribution in [-0.2, 0) is 6.42 Å². The number of nitrogens with one attached hydrogen (secondary N) is 1. The number of nitrogens with zero attached hydrogens (tertiary/aromatic N) is 5. The standard InChI is InChI=1S/C36H41F3N6O3S/c1-23(2)31-21-30(47-5)14-15-32(31)45-25(4)17-19-49-35(45)42-34(46)40-18-16-24(3)20-26-6-8-27(9-7-26)33-41-22-44(43-33)28-10-12-29(13-11-28)48-36(37,38)39/h6-15,21-25H,16-20H2,1-5H3,(H,40,46)/b42-35-. The summed E-state index contributed by atoms with van der Waals surface area (Å²) in [5.41, 5.74) is 4.73. The smallest absolute Gasteiger partial charge is 0.497 e. The molecule has 49 heavy (non-hydrogen) atoms. The predicted octanol–water partition coefficient (Wildman–Crippen LogP) is 8.63. The van der Waals surface area contributed by atoms with Crippen molar-refractivity contribution in [3.05, 3.63) is 84.2 Å². The molecule has 0 spiro atoms. The number of carbonyl (C=O) groups excluding carboxylic acids is 1. The minimum Gasteiger partial charge on any atom is -0.497 e. The summed E-state index contributed by atoms with van der Waals surface area (Å²) in [4.78, 5) is 24.0. The summed E-state index contributed by atoms with van der Waals surface area (Å²) in [5, 5.41) is 8.17. The molecule has 4 aromatic rings. The van der Waals surface area contributed by atoms with Gasteiger partial charge in [-0.2, -0.15) is 4.99 Å². The lowest BCUT2D eigenvalue weighted by molar-refractivity contribution is -0.274. The van der Waals surface area contributed by atoms with Crippen LogP contribution in [0.2, 0.25) is 0 Å². The van der Waals surface area contributed by atoms with Gasteiger partial charge in [0, 0.05) is 29.6 Å². The molecule has 260 valence electrons. The van der Waals surface area contributed by atoms with E-state index in [4.69, 9.17) is 4.74 Å². The fourth-order valence-electron chi connectivity index (χ4n) is 5.64. The molecular formula is C36H41F3N6O3S. The molecule has 1 aliphatic rings. The number of amides is 2. The largest absolute Gasteiger partial charge is 0.573 e. The zero-order valence-electron chi connectivity index (χ0n) is 28.2. The van der Waals surface area contributed by atoms with Crippen LogP contribution in [0, 0.1) is 5.92 Å². The molecule has 2 heterocycles. The van der Waals surface area contributed by atoms with E-state index in [0.29, 0.717) is 29.1 Å². The number of urea groups is 1. The molecule has 0 bridgehead atoms. The second kappa shape index (κ2) is 15.8. The quantitative estimate of drug-likeness (QED) is 0.168. The number of hydrogen-bond donors (Lipinski definition) is 1. The lowest BCUT2D eigenvalue weighted by Crippen LogP contribution is -2.42. The third kappa shape index (κ3) is 9.56. The molecule has 13 heteroatoms. The predicted molar refractivity (Wildman–Crippen MR) is 188 cm³/mol. The molecule has 5 rings (SSSR count). The van der Waals surface area contributed by atoms with Gasteiger partial charge < -0.3 is 19.7 Å². The van der Waals surface area contributed by atoms with E-state index in [0.717, 1.165) is 53.1 Å². The van der Waals surface area contributed by atoms with Crippen molar-refractivity contribution >= 4 is 28.6 Å². The van der Waals surface area contributed by atoms with Crippen LogP contribution in [0.15, 0.2) is 78.0 Å². The number of aliphatic imine (C=N–C) groups is 1. The van der Waals surface area contributed by atoms with E-state index < -0.39 is 6.36 Å². The normalized spacial score (nSPS) is 16.6. The van der Waals surface area contributed by atoms with Gasteiger partial charge in [0.15, 0.2) is 11.0 Å². The second-order valence-electron chi connectivity index (χ2n) is 12.4. The monoisotopic (exact) mass is 694 g/mol.